The van der Waals surface area contributed by atoms with Crippen molar-refractivity contribution in [2.45, 2.75) is 25.0 Å². The standard InChI is InChI=1S/C28H26N4O3/c1-34-20-14-15-25(35-2)22(16-20)26-23(17-31(30-26)18-8-4-3-5-9-18)27-29-24-11-7-6-10-21(24)28(33)32(27)19-12-13-19/h3-11,14-17,19,27,29H,12-13H2,1-2H3/t27-/m1/s1. The van der Waals surface area contributed by atoms with Gasteiger partial charge in [-0.1, -0.05) is 30.3 Å². The normalized spacial score (nSPS) is 17.0. The summed E-state index contributed by atoms with van der Waals surface area (Å²) >= 11 is 0. The molecule has 7 heteroatoms. The molecule has 1 atom stereocenters. The highest BCUT2D eigenvalue weighted by Crippen LogP contribution is 2.44. The molecule has 35 heavy (non-hydrogen) atoms. The van der Waals surface area contributed by atoms with Gasteiger partial charge in [0.15, 0.2) is 0 Å². The number of carbonyl (C=O) groups is 1. The molecule has 0 bridgehead atoms. The third-order valence-corrected chi connectivity index (χ3v) is 6.62. The molecule has 1 saturated carbocycles. The van der Waals surface area contributed by atoms with Crippen molar-refractivity contribution in [3.05, 3.63) is 90.1 Å². The third-order valence-electron chi connectivity index (χ3n) is 6.62. The zero-order valence-corrected chi connectivity index (χ0v) is 19.6. The Bertz CT molecular complexity index is 1390. The van der Waals surface area contributed by atoms with Crippen molar-refractivity contribution in [3.8, 4) is 28.4 Å². The zero-order valence-electron chi connectivity index (χ0n) is 19.6. The molecule has 2 heterocycles. The van der Waals surface area contributed by atoms with Gasteiger partial charge < -0.3 is 19.7 Å². The number of benzene rings is 3. The van der Waals surface area contributed by atoms with E-state index in [1.807, 2.05) is 88.6 Å². The van der Waals surface area contributed by atoms with Crippen LogP contribution in [0.3, 0.4) is 0 Å². The van der Waals surface area contributed by atoms with Crippen LogP contribution in [0.1, 0.15) is 34.9 Å². The van der Waals surface area contributed by atoms with Gasteiger partial charge in [0.05, 0.1) is 25.5 Å². The highest BCUT2D eigenvalue weighted by atomic mass is 16.5. The van der Waals surface area contributed by atoms with E-state index >= 15 is 0 Å². The first-order valence-electron chi connectivity index (χ1n) is 11.7. The third kappa shape index (κ3) is 3.69. The van der Waals surface area contributed by atoms with E-state index in [0.29, 0.717) is 17.1 Å². The molecule has 1 N–H and O–H groups in total. The van der Waals surface area contributed by atoms with Gasteiger partial charge in [-0.05, 0) is 55.3 Å². The average Bonchev–Trinajstić information content (AvgIpc) is 3.65. The van der Waals surface area contributed by atoms with Crippen molar-refractivity contribution in [3.63, 3.8) is 0 Å². The smallest absolute Gasteiger partial charge is 0.258 e. The Morgan fingerprint density at radius 1 is 0.914 bits per heavy atom. The summed E-state index contributed by atoms with van der Waals surface area (Å²) in [6.45, 7) is 0. The first-order valence-corrected chi connectivity index (χ1v) is 11.7. The first kappa shape index (κ1) is 21.3. The Morgan fingerprint density at radius 3 is 2.43 bits per heavy atom. The minimum Gasteiger partial charge on any atom is -0.497 e. The number of carbonyl (C=O) groups excluding carboxylic acids is 1. The van der Waals surface area contributed by atoms with Crippen LogP contribution in [0.5, 0.6) is 11.5 Å². The molecule has 1 fully saturated rings. The van der Waals surface area contributed by atoms with Crippen LogP contribution in [0.2, 0.25) is 0 Å². The molecule has 3 aromatic carbocycles. The maximum Gasteiger partial charge on any atom is 0.258 e. The fourth-order valence-electron chi connectivity index (χ4n) is 4.73. The second kappa shape index (κ2) is 8.51. The molecule has 176 valence electrons. The highest BCUT2D eigenvalue weighted by molar-refractivity contribution is 6.02. The van der Waals surface area contributed by atoms with Gasteiger partial charge in [0, 0.05) is 29.1 Å². The number of nitrogens with zero attached hydrogens (tertiary/aromatic N) is 3. The Hall–Kier alpha value is -4.26. The van der Waals surface area contributed by atoms with Gasteiger partial charge in [-0.3, -0.25) is 4.79 Å². The SMILES string of the molecule is COc1ccc(OC)c(-c2nn(-c3ccccc3)cc2[C@@H]2Nc3ccccc3C(=O)N2C2CC2)c1. The van der Waals surface area contributed by atoms with Gasteiger partial charge >= 0.3 is 0 Å². The second-order valence-corrected chi connectivity index (χ2v) is 8.82. The number of anilines is 1. The summed E-state index contributed by atoms with van der Waals surface area (Å²) in [6, 6.07) is 23.5. The van der Waals surface area contributed by atoms with Crippen LogP contribution in [0.25, 0.3) is 16.9 Å². The van der Waals surface area contributed by atoms with Crippen LogP contribution in [-0.2, 0) is 0 Å². The quantitative estimate of drug-likeness (QED) is 0.418. The summed E-state index contributed by atoms with van der Waals surface area (Å²) < 4.78 is 13.1. The Morgan fingerprint density at radius 2 is 1.69 bits per heavy atom. The van der Waals surface area contributed by atoms with Crippen LogP contribution in [0.4, 0.5) is 5.69 Å². The number of nitrogens with one attached hydrogen (secondary N) is 1. The molecule has 1 aliphatic carbocycles. The lowest BCUT2D eigenvalue weighted by Crippen LogP contribution is -2.44. The number of ether oxygens (including phenoxy) is 2. The molecule has 6 rings (SSSR count). The summed E-state index contributed by atoms with van der Waals surface area (Å²) in [4.78, 5) is 15.6. The number of amides is 1. The lowest BCUT2D eigenvalue weighted by atomic mass is 10.00. The monoisotopic (exact) mass is 466 g/mol. The lowest BCUT2D eigenvalue weighted by Gasteiger charge is -2.38. The highest BCUT2D eigenvalue weighted by Gasteiger charge is 2.43. The zero-order chi connectivity index (χ0) is 23.9. The number of methoxy groups -OCH3 is 2. The van der Waals surface area contributed by atoms with Crippen molar-refractivity contribution < 1.29 is 14.3 Å². The van der Waals surface area contributed by atoms with Crippen LogP contribution in [0.15, 0.2) is 79.0 Å². The van der Waals surface area contributed by atoms with E-state index in [2.05, 4.69) is 5.32 Å². The molecular formula is C28H26N4O3. The van der Waals surface area contributed by atoms with Gasteiger partial charge in [0.25, 0.3) is 5.91 Å². The number of para-hydroxylation sites is 2. The van der Waals surface area contributed by atoms with Crippen molar-refractivity contribution in [2.75, 3.05) is 19.5 Å². The number of aromatic nitrogens is 2. The van der Waals surface area contributed by atoms with Gasteiger partial charge in [-0.15, -0.1) is 0 Å². The summed E-state index contributed by atoms with van der Waals surface area (Å²) in [5.41, 5.74) is 4.90. The topological polar surface area (TPSA) is 68.6 Å². The summed E-state index contributed by atoms with van der Waals surface area (Å²) in [5.74, 6) is 1.44. The molecule has 2 aliphatic rings. The number of hydrogen-bond acceptors (Lipinski definition) is 5. The second-order valence-electron chi connectivity index (χ2n) is 8.82. The predicted molar refractivity (Wildman–Crippen MR) is 134 cm³/mol. The lowest BCUT2D eigenvalue weighted by molar-refractivity contribution is 0.0667. The molecule has 1 aromatic heterocycles. The minimum absolute atomic E-state index is 0.0443. The number of hydrogen-bond donors (Lipinski definition) is 1. The van der Waals surface area contributed by atoms with E-state index in [4.69, 9.17) is 14.6 Å². The van der Waals surface area contributed by atoms with Gasteiger partial charge in [0.1, 0.15) is 23.4 Å². The van der Waals surface area contributed by atoms with Gasteiger partial charge in [-0.2, -0.15) is 5.10 Å². The summed E-state index contributed by atoms with van der Waals surface area (Å²) in [5, 5.41) is 8.64. The van der Waals surface area contributed by atoms with E-state index in [0.717, 1.165) is 41.0 Å². The largest absolute Gasteiger partial charge is 0.497 e. The van der Waals surface area contributed by atoms with E-state index in [1.165, 1.54) is 0 Å². The molecule has 0 radical (unpaired) electrons. The maximum atomic E-state index is 13.6. The first-order chi connectivity index (χ1) is 17.2. The molecular weight excluding hydrogens is 440 g/mol. The molecule has 4 aromatic rings. The summed E-state index contributed by atoms with van der Waals surface area (Å²) in [7, 11) is 3.29. The van der Waals surface area contributed by atoms with Crippen molar-refractivity contribution >= 4 is 11.6 Å². The van der Waals surface area contributed by atoms with Crippen LogP contribution in [-0.4, -0.2) is 40.8 Å². The van der Waals surface area contributed by atoms with Crippen LogP contribution >= 0.6 is 0 Å². The van der Waals surface area contributed by atoms with Crippen molar-refractivity contribution in [1.29, 1.82) is 0 Å². The van der Waals surface area contributed by atoms with Crippen LogP contribution in [0, 0.1) is 0 Å². The Balaban J connectivity index is 1.56. The van der Waals surface area contributed by atoms with E-state index in [-0.39, 0.29) is 18.1 Å². The fraction of sp³-hybridized carbons (Fsp3) is 0.214. The number of fused-ring (bicyclic) bond motifs is 1. The minimum atomic E-state index is -0.367. The van der Waals surface area contributed by atoms with E-state index in [9.17, 15) is 4.79 Å². The summed E-state index contributed by atoms with van der Waals surface area (Å²) in [6.07, 6.45) is 3.64. The van der Waals surface area contributed by atoms with E-state index < -0.39 is 0 Å². The predicted octanol–water partition coefficient (Wildman–Crippen LogP) is 5.29. The van der Waals surface area contributed by atoms with E-state index in [1.54, 1.807) is 14.2 Å². The molecule has 0 spiro atoms. The molecule has 7 nitrogen and oxygen atoms in total. The van der Waals surface area contributed by atoms with Crippen molar-refractivity contribution in [2.24, 2.45) is 0 Å². The van der Waals surface area contributed by atoms with Gasteiger partial charge in [0.2, 0.25) is 0 Å². The maximum absolute atomic E-state index is 13.6. The van der Waals surface area contributed by atoms with Crippen LogP contribution < -0.4 is 14.8 Å². The molecule has 1 aliphatic heterocycles. The van der Waals surface area contributed by atoms with Gasteiger partial charge in [-0.25, -0.2) is 4.68 Å². The van der Waals surface area contributed by atoms with Crippen molar-refractivity contribution in [1.82, 2.24) is 14.7 Å². The Kier molecular flexibility index (Phi) is 5.17. The fourth-order valence-corrected chi connectivity index (χ4v) is 4.73. The Labute approximate surface area is 203 Å². The average molecular weight is 467 g/mol. The molecule has 0 saturated heterocycles. The molecule has 0 unspecified atom stereocenters. The number of rotatable bonds is 6. The molecule has 1 amide bonds.